The van der Waals surface area contributed by atoms with Gasteiger partial charge in [0.15, 0.2) is 5.82 Å². The third-order valence-electron chi connectivity index (χ3n) is 11.0. The second-order valence-electron chi connectivity index (χ2n) is 14.4. The fraction of sp³-hybridized carbons (Fsp3) is 0.0600. The normalized spacial score (nSPS) is 12.9. The molecule has 1 aliphatic carbocycles. The second kappa shape index (κ2) is 12.2. The number of hydrogen-bond donors (Lipinski definition) is 0. The molecule has 0 atom stereocenters. The first-order valence-electron chi connectivity index (χ1n) is 18.2. The first-order chi connectivity index (χ1) is 26.0. The third kappa shape index (κ3) is 5.08. The van der Waals surface area contributed by atoms with Crippen LogP contribution in [0.5, 0.6) is 0 Å². The number of benzene rings is 7. The predicted octanol–water partition coefficient (Wildman–Crippen LogP) is 12.8. The molecular weight excluding hydrogens is 643 g/mol. The predicted molar refractivity (Wildman–Crippen MR) is 220 cm³/mol. The van der Waals surface area contributed by atoms with Gasteiger partial charge in [-0.25, -0.2) is 9.97 Å². The van der Waals surface area contributed by atoms with E-state index in [4.69, 9.17) is 9.97 Å². The molecule has 2 heterocycles. The van der Waals surface area contributed by atoms with Crippen LogP contribution in [0, 0.1) is 0 Å². The fourth-order valence-corrected chi connectivity index (χ4v) is 8.47. The van der Waals surface area contributed by atoms with Gasteiger partial charge in [-0.15, -0.1) is 0 Å². The Kier molecular flexibility index (Phi) is 7.16. The Morgan fingerprint density at radius 1 is 0.434 bits per heavy atom. The number of hydrogen-bond acceptors (Lipinski definition) is 3. The number of pyridine rings is 1. The molecule has 0 saturated carbocycles. The van der Waals surface area contributed by atoms with E-state index < -0.39 is 0 Å². The standard InChI is InChI=1S/C50H35N3/c1-50(2)44-23-11-22-41(47(44)43-25-24-32-13-6-7-19-37(32)48(43)50)40-26-27-42(39-21-9-8-20-38(39)40)49-52-45(33-14-4-3-5-15-33)30-46(53-49)35-17-10-16-34(29-35)36-18-12-28-51-31-36/h3-31H,1-2H3. The minimum absolute atomic E-state index is 0.131. The highest BCUT2D eigenvalue weighted by Crippen LogP contribution is 2.55. The molecule has 10 rings (SSSR count). The maximum absolute atomic E-state index is 5.30. The highest BCUT2D eigenvalue weighted by Gasteiger charge is 2.38. The van der Waals surface area contributed by atoms with Gasteiger partial charge in [0.05, 0.1) is 11.4 Å². The van der Waals surface area contributed by atoms with E-state index in [2.05, 4.69) is 170 Å². The van der Waals surface area contributed by atoms with Gasteiger partial charge in [-0.1, -0.05) is 153 Å². The maximum atomic E-state index is 5.30. The van der Waals surface area contributed by atoms with Crippen molar-refractivity contribution >= 4 is 21.5 Å². The van der Waals surface area contributed by atoms with Crippen LogP contribution in [0.15, 0.2) is 176 Å². The van der Waals surface area contributed by atoms with Crippen LogP contribution in [0.1, 0.15) is 25.0 Å². The molecule has 0 unspecified atom stereocenters. The van der Waals surface area contributed by atoms with E-state index in [1.165, 1.54) is 49.5 Å². The van der Waals surface area contributed by atoms with Crippen molar-refractivity contribution in [3.63, 3.8) is 0 Å². The van der Waals surface area contributed by atoms with Crippen molar-refractivity contribution in [1.82, 2.24) is 15.0 Å². The molecule has 2 aromatic heterocycles. The Morgan fingerprint density at radius 2 is 1.08 bits per heavy atom. The smallest absolute Gasteiger partial charge is 0.161 e. The van der Waals surface area contributed by atoms with Crippen LogP contribution in [0.2, 0.25) is 0 Å². The molecule has 7 aromatic carbocycles. The van der Waals surface area contributed by atoms with E-state index in [1.54, 1.807) is 6.20 Å². The average molecular weight is 678 g/mol. The number of nitrogens with zero attached hydrogens (tertiary/aromatic N) is 3. The van der Waals surface area contributed by atoms with Crippen LogP contribution < -0.4 is 0 Å². The summed E-state index contributed by atoms with van der Waals surface area (Å²) in [5.41, 5.74) is 14.8. The zero-order valence-corrected chi connectivity index (χ0v) is 29.6. The van der Waals surface area contributed by atoms with E-state index in [0.717, 1.165) is 44.6 Å². The lowest BCUT2D eigenvalue weighted by molar-refractivity contribution is 0.666. The van der Waals surface area contributed by atoms with Crippen LogP contribution in [0.25, 0.3) is 88.8 Å². The van der Waals surface area contributed by atoms with Gasteiger partial charge >= 0.3 is 0 Å². The van der Waals surface area contributed by atoms with E-state index in [-0.39, 0.29) is 5.41 Å². The Hall–Kier alpha value is -6.71. The molecule has 9 aromatic rings. The van der Waals surface area contributed by atoms with Crippen molar-refractivity contribution in [2.45, 2.75) is 19.3 Å². The fourth-order valence-electron chi connectivity index (χ4n) is 8.47. The summed E-state index contributed by atoms with van der Waals surface area (Å²) in [5, 5.41) is 4.91. The van der Waals surface area contributed by atoms with Crippen molar-refractivity contribution < 1.29 is 0 Å². The van der Waals surface area contributed by atoms with Crippen LogP contribution >= 0.6 is 0 Å². The molecule has 250 valence electrons. The van der Waals surface area contributed by atoms with Crippen LogP contribution in [0.3, 0.4) is 0 Å². The zero-order valence-electron chi connectivity index (χ0n) is 29.6. The van der Waals surface area contributed by atoms with E-state index >= 15 is 0 Å². The van der Waals surface area contributed by atoms with Crippen molar-refractivity contribution in [2.24, 2.45) is 0 Å². The minimum atomic E-state index is -0.131. The van der Waals surface area contributed by atoms with Crippen LogP contribution in [-0.4, -0.2) is 15.0 Å². The van der Waals surface area contributed by atoms with Crippen molar-refractivity contribution in [3.8, 4) is 67.3 Å². The summed E-state index contributed by atoms with van der Waals surface area (Å²) in [6.45, 7) is 4.74. The monoisotopic (exact) mass is 677 g/mol. The molecule has 0 amide bonds. The molecule has 0 aliphatic heterocycles. The van der Waals surface area contributed by atoms with Crippen molar-refractivity contribution in [3.05, 3.63) is 187 Å². The molecule has 3 nitrogen and oxygen atoms in total. The molecule has 0 radical (unpaired) electrons. The lowest BCUT2D eigenvalue weighted by atomic mass is 9.80. The highest BCUT2D eigenvalue weighted by atomic mass is 14.9. The van der Waals surface area contributed by atoms with Gasteiger partial charge in [0.1, 0.15) is 0 Å². The van der Waals surface area contributed by atoms with E-state index in [1.807, 2.05) is 18.3 Å². The lowest BCUT2D eigenvalue weighted by Gasteiger charge is -2.23. The average Bonchev–Trinajstić information content (AvgIpc) is 3.47. The highest BCUT2D eigenvalue weighted by molar-refractivity contribution is 6.09. The Labute approximate surface area is 309 Å². The SMILES string of the molecule is CC1(C)c2cccc(-c3ccc(-c4nc(-c5ccccc5)cc(-c5cccc(-c6cccnc6)c5)n4)c4ccccc34)c2-c2ccc3ccccc3c21. The van der Waals surface area contributed by atoms with Gasteiger partial charge in [0, 0.05) is 40.1 Å². The Balaban J connectivity index is 1.17. The molecule has 0 N–H and O–H groups in total. The number of fused-ring (bicyclic) bond motifs is 6. The maximum Gasteiger partial charge on any atom is 0.161 e. The molecule has 0 fully saturated rings. The molecule has 0 saturated heterocycles. The largest absolute Gasteiger partial charge is 0.264 e. The molecule has 53 heavy (non-hydrogen) atoms. The van der Waals surface area contributed by atoms with Gasteiger partial charge in [-0.2, -0.15) is 0 Å². The van der Waals surface area contributed by atoms with Gasteiger partial charge < -0.3 is 0 Å². The van der Waals surface area contributed by atoms with Gasteiger partial charge in [-0.05, 0) is 84.8 Å². The summed E-state index contributed by atoms with van der Waals surface area (Å²) < 4.78 is 0. The summed E-state index contributed by atoms with van der Waals surface area (Å²) in [6.07, 6.45) is 3.70. The summed E-state index contributed by atoms with van der Waals surface area (Å²) in [7, 11) is 0. The molecule has 3 heteroatoms. The van der Waals surface area contributed by atoms with E-state index in [0.29, 0.717) is 5.82 Å². The van der Waals surface area contributed by atoms with Gasteiger partial charge in [0.2, 0.25) is 0 Å². The molecule has 1 aliphatic rings. The van der Waals surface area contributed by atoms with Gasteiger partial charge in [-0.3, -0.25) is 4.98 Å². The minimum Gasteiger partial charge on any atom is -0.264 e. The topological polar surface area (TPSA) is 38.7 Å². The third-order valence-corrected chi connectivity index (χ3v) is 11.0. The Morgan fingerprint density at radius 3 is 1.89 bits per heavy atom. The number of rotatable bonds is 5. The Bertz CT molecular complexity index is 2860. The van der Waals surface area contributed by atoms with Crippen molar-refractivity contribution in [1.29, 1.82) is 0 Å². The summed E-state index contributed by atoms with van der Waals surface area (Å²) in [6, 6.07) is 58.5. The first kappa shape index (κ1) is 31.1. The van der Waals surface area contributed by atoms with Gasteiger partial charge in [0.25, 0.3) is 0 Å². The first-order valence-corrected chi connectivity index (χ1v) is 18.2. The molecule has 0 bridgehead atoms. The summed E-state index contributed by atoms with van der Waals surface area (Å²) in [4.78, 5) is 14.9. The quantitative estimate of drug-likeness (QED) is 0.182. The second-order valence-corrected chi connectivity index (χ2v) is 14.4. The molecular formula is C50H35N3. The lowest BCUT2D eigenvalue weighted by Crippen LogP contribution is -2.15. The van der Waals surface area contributed by atoms with Crippen LogP contribution in [-0.2, 0) is 5.41 Å². The van der Waals surface area contributed by atoms with E-state index in [9.17, 15) is 0 Å². The number of aromatic nitrogens is 3. The van der Waals surface area contributed by atoms with Crippen molar-refractivity contribution in [2.75, 3.05) is 0 Å². The van der Waals surface area contributed by atoms with Crippen LogP contribution in [0.4, 0.5) is 0 Å². The summed E-state index contributed by atoms with van der Waals surface area (Å²) in [5.74, 6) is 0.701. The zero-order chi connectivity index (χ0) is 35.5. The summed E-state index contributed by atoms with van der Waals surface area (Å²) >= 11 is 0. The molecule has 0 spiro atoms.